The second-order valence-corrected chi connectivity index (χ2v) is 5.98. The van der Waals surface area contributed by atoms with Crippen LogP contribution >= 0.6 is 0 Å². The lowest BCUT2D eigenvalue weighted by Gasteiger charge is -2.15. The Kier molecular flexibility index (Phi) is 2.84. The molecule has 3 rings (SSSR count). The first-order chi connectivity index (χ1) is 9.47. The van der Waals surface area contributed by atoms with Gasteiger partial charge in [-0.2, -0.15) is 0 Å². The molecule has 1 aliphatic heterocycles. The van der Waals surface area contributed by atoms with Gasteiger partial charge in [0.25, 0.3) is 5.91 Å². The molecule has 0 radical (unpaired) electrons. The number of nitrogens with two attached hydrogens (primary N) is 1. The maximum absolute atomic E-state index is 12.2. The van der Waals surface area contributed by atoms with Crippen molar-refractivity contribution in [1.29, 1.82) is 0 Å². The summed E-state index contributed by atoms with van der Waals surface area (Å²) in [6.07, 6.45) is 1.97. The molecule has 0 fully saturated rings. The van der Waals surface area contributed by atoms with E-state index in [1.165, 1.54) is 29.3 Å². The van der Waals surface area contributed by atoms with Gasteiger partial charge in [-0.1, -0.05) is 5.16 Å². The summed E-state index contributed by atoms with van der Waals surface area (Å²) in [6, 6.07) is 5.95. The summed E-state index contributed by atoms with van der Waals surface area (Å²) in [5, 5.41) is 8.59. The van der Waals surface area contributed by atoms with E-state index in [0.717, 1.165) is 5.56 Å². The topological polar surface area (TPSA) is 106 Å². The Balaban J connectivity index is 1.98. The van der Waals surface area contributed by atoms with Gasteiger partial charge in [0, 0.05) is 18.3 Å². The normalized spacial score (nSPS) is 14.3. The van der Waals surface area contributed by atoms with Crippen LogP contribution in [-0.4, -0.2) is 26.0 Å². The van der Waals surface area contributed by atoms with Crippen LogP contribution in [0.2, 0.25) is 0 Å². The number of amides is 1. The monoisotopic (exact) mass is 293 g/mol. The van der Waals surface area contributed by atoms with E-state index in [9.17, 15) is 13.2 Å². The van der Waals surface area contributed by atoms with E-state index in [1.54, 1.807) is 6.07 Å². The van der Waals surface area contributed by atoms with Gasteiger partial charge in [0.05, 0.1) is 11.1 Å². The van der Waals surface area contributed by atoms with E-state index in [1.807, 2.05) is 0 Å². The Hall–Kier alpha value is -2.19. The zero-order valence-corrected chi connectivity index (χ0v) is 11.1. The molecule has 8 heteroatoms. The van der Waals surface area contributed by atoms with Crippen LogP contribution in [-0.2, 0) is 16.4 Å². The molecule has 0 aliphatic carbocycles. The first-order valence-corrected chi connectivity index (χ1v) is 7.40. The molecule has 104 valence electrons. The van der Waals surface area contributed by atoms with Crippen LogP contribution in [0.4, 0.5) is 5.69 Å². The Morgan fingerprint density at radius 2 is 2.15 bits per heavy atom. The van der Waals surface area contributed by atoms with E-state index < -0.39 is 10.0 Å². The third kappa shape index (κ3) is 2.08. The number of nitrogens with zero attached hydrogens (tertiary/aromatic N) is 2. The van der Waals surface area contributed by atoms with E-state index in [2.05, 4.69) is 5.16 Å². The largest absolute Gasteiger partial charge is 0.351 e. The maximum atomic E-state index is 12.2. The fraction of sp³-hybridized carbons (Fsp3) is 0.167. The van der Waals surface area contributed by atoms with Gasteiger partial charge in [-0.3, -0.25) is 4.79 Å². The highest BCUT2D eigenvalue weighted by Crippen LogP contribution is 2.31. The van der Waals surface area contributed by atoms with Gasteiger partial charge in [-0.15, -0.1) is 0 Å². The SMILES string of the molecule is NS(=O)(=O)c1ccc2c(c1)CCN2C(=O)c1ccno1. The fourth-order valence-electron chi connectivity index (χ4n) is 2.23. The number of aromatic nitrogens is 1. The highest BCUT2D eigenvalue weighted by atomic mass is 32.2. The molecular weight excluding hydrogens is 282 g/mol. The molecule has 0 saturated heterocycles. The zero-order valence-electron chi connectivity index (χ0n) is 10.3. The quantitative estimate of drug-likeness (QED) is 0.869. The smallest absolute Gasteiger partial charge is 0.296 e. The maximum Gasteiger partial charge on any atom is 0.296 e. The first kappa shape index (κ1) is 12.8. The zero-order chi connectivity index (χ0) is 14.3. The van der Waals surface area contributed by atoms with Crippen LogP contribution in [0.3, 0.4) is 0 Å². The summed E-state index contributed by atoms with van der Waals surface area (Å²) in [5.74, 6) is -0.155. The van der Waals surface area contributed by atoms with Crippen molar-refractivity contribution in [2.24, 2.45) is 5.14 Å². The Morgan fingerprint density at radius 1 is 1.35 bits per heavy atom. The molecule has 1 aliphatic rings. The Labute approximate surface area is 115 Å². The van der Waals surface area contributed by atoms with Gasteiger partial charge < -0.3 is 9.42 Å². The third-order valence-electron chi connectivity index (χ3n) is 3.17. The van der Waals surface area contributed by atoms with Gasteiger partial charge in [-0.25, -0.2) is 13.6 Å². The lowest BCUT2D eigenvalue weighted by Crippen LogP contribution is -2.28. The number of primary sulfonamides is 1. The lowest BCUT2D eigenvalue weighted by molar-refractivity contribution is 0.0954. The number of hydrogen-bond acceptors (Lipinski definition) is 5. The molecule has 1 aromatic carbocycles. The summed E-state index contributed by atoms with van der Waals surface area (Å²) < 4.78 is 27.5. The van der Waals surface area contributed by atoms with Crippen molar-refractivity contribution in [3.05, 3.63) is 41.8 Å². The molecule has 7 nitrogen and oxygen atoms in total. The van der Waals surface area contributed by atoms with Crippen molar-refractivity contribution in [2.45, 2.75) is 11.3 Å². The van der Waals surface area contributed by atoms with Crippen LogP contribution in [0.25, 0.3) is 0 Å². The van der Waals surface area contributed by atoms with Gasteiger partial charge in [0.15, 0.2) is 0 Å². The number of benzene rings is 1. The van der Waals surface area contributed by atoms with Gasteiger partial charge in [-0.05, 0) is 30.2 Å². The molecule has 0 spiro atoms. The van der Waals surface area contributed by atoms with Crippen molar-refractivity contribution in [1.82, 2.24) is 5.16 Å². The summed E-state index contributed by atoms with van der Waals surface area (Å²) in [4.78, 5) is 13.8. The van der Waals surface area contributed by atoms with Crippen molar-refractivity contribution in [2.75, 3.05) is 11.4 Å². The molecule has 0 unspecified atom stereocenters. The number of carbonyl (C=O) groups is 1. The van der Waals surface area contributed by atoms with Gasteiger partial charge >= 0.3 is 0 Å². The first-order valence-electron chi connectivity index (χ1n) is 5.85. The van der Waals surface area contributed by atoms with Crippen molar-refractivity contribution in [3.63, 3.8) is 0 Å². The predicted molar refractivity (Wildman–Crippen MR) is 69.7 cm³/mol. The molecule has 1 amide bonds. The van der Waals surface area contributed by atoms with Crippen molar-refractivity contribution < 1.29 is 17.7 Å². The van der Waals surface area contributed by atoms with Crippen LogP contribution in [0.5, 0.6) is 0 Å². The lowest BCUT2D eigenvalue weighted by atomic mass is 10.2. The molecule has 2 aromatic rings. The average molecular weight is 293 g/mol. The standard InChI is InChI=1S/C12H11N3O4S/c13-20(17,18)9-1-2-10-8(7-9)4-6-15(10)12(16)11-3-5-14-19-11/h1-3,5,7H,4,6H2,(H2,13,17,18). The van der Waals surface area contributed by atoms with Crippen LogP contribution in [0.15, 0.2) is 39.9 Å². The second-order valence-electron chi connectivity index (χ2n) is 4.42. The van der Waals surface area contributed by atoms with Gasteiger partial charge in [0.1, 0.15) is 0 Å². The summed E-state index contributed by atoms with van der Waals surface area (Å²) in [6.45, 7) is 0.461. The number of hydrogen-bond donors (Lipinski definition) is 1. The van der Waals surface area contributed by atoms with Crippen LogP contribution in [0, 0.1) is 0 Å². The minimum Gasteiger partial charge on any atom is -0.351 e. The van der Waals surface area contributed by atoms with E-state index >= 15 is 0 Å². The Bertz CT molecular complexity index is 768. The fourth-order valence-corrected chi connectivity index (χ4v) is 2.79. The molecule has 1 aromatic heterocycles. The Morgan fingerprint density at radius 3 is 2.80 bits per heavy atom. The number of carbonyl (C=O) groups excluding carboxylic acids is 1. The molecule has 0 atom stereocenters. The molecule has 0 bridgehead atoms. The van der Waals surface area contributed by atoms with E-state index in [0.29, 0.717) is 18.7 Å². The van der Waals surface area contributed by atoms with Crippen LogP contribution in [0.1, 0.15) is 16.1 Å². The van der Waals surface area contributed by atoms with Crippen LogP contribution < -0.4 is 10.0 Å². The predicted octanol–water partition coefficient (Wildman–Crippen LogP) is 0.525. The third-order valence-corrected chi connectivity index (χ3v) is 4.08. The minimum absolute atomic E-state index is 0.0465. The average Bonchev–Trinajstić information content (AvgIpc) is 3.06. The highest BCUT2D eigenvalue weighted by Gasteiger charge is 2.28. The number of fused-ring (bicyclic) bond motifs is 1. The molecule has 20 heavy (non-hydrogen) atoms. The summed E-state index contributed by atoms with van der Waals surface area (Å²) in [5.41, 5.74) is 1.43. The summed E-state index contributed by atoms with van der Waals surface area (Å²) in [7, 11) is -3.74. The number of sulfonamides is 1. The second kappa shape index (κ2) is 4.43. The van der Waals surface area contributed by atoms with Gasteiger partial charge in [0.2, 0.25) is 15.8 Å². The molecular formula is C12H11N3O4S. The minimum atomic E-state index is -3.74. The summed E-state index contributed by atoms with van der Waals surface area (Å²) >= 11 is 0. The van der Waals surface area contributed by atoms with Crippen molar-refractivity contribution in [3.8, 4) is 0 Å². The molecule has 2 N–H and O–H groups in total. The highest BCUT2D eigenvalue weighted by molar-refractivity contribution is 7.89. The van der Waals surface area contributed by atoms with Crippen molar-refractivity contribution >= 4 is 21.6 Å². The van der Waals surface area contributed by atoms with E-state index in [-0.39, 0.29) is 16.6 Å². The van der Waals surface area contributed by atoms with E-state index in [4.69, 9.17) is 9.66 Å². The number of anilines is 1. The number of rotatable bonds is 2. The molecule has 2 heterocycles. The molecule has 0 saturated carbocycles.